The van der Waals surface area contributed by atoms with E-state index in [4.69, 9.17) is 32.4 Å². The van der Waals surface area contributed by atoms with Crippen LogP contribution >= 0.6 is 34.5 Å². The number of ether oxygens (including phenoxy) is 1. The first-order valence-electron chi connectivity index (χ1n) is 40.3. The molecular weight excluding hydrogens is 1620 g/mol. The fourth-order valence-electron chi connectivity index (χ4n) is 12.5. The minimum absolute atomic E-state index is 0.0922. The number of carbonyl (C=O) groups is 6. The maximum Gasteiger partial charge on any atom is 0.279 e. The Balaban J connectivity index is 0.000000129. The molecule has 2 fully saturated rings. The van der Waals surface area contributed by atoms with Crippen molar-refractivity contribution < 1.29 is 37.9 Å². The molecule has 0 amide bonds. The third-order valence-electron chi connectivity index (χ3n) is 19.3. The Morgan fingerprint density at radius 1 is 0.360 bits per heavy atom. The predicted octanol–water partition coefficient (Wildman–Crippen LogP) is 23.3. The number of methoxy groups -OCH3 is 1. The zero-order chi connectivity index (χ0) is 86.7. The van der Waals surface area contributed by atoms with Crippen LogP contribution in [0, 0.1) is 11.8 Å². The van der Waals surface area contributed by atoms with Gasteiger partial charge in [-0.3, -0.25) is 28.8 Å². The van der Waals surface area contributed by atoms with Crippen LogP contribution < -0.4 is 4.74 Å². The molecule has 20 nitrogen and oxygen atoms in total. The molecule has 8 aromatic heterocycles. The lowest BCUT2D eigenvalue weighted by Crippen LogP contribution is -2.14. The summed E-state index contributed by atoms with van der Waals surface area (Å²) in [4.78, 5) is 74.2. The summed E-state index contributed by atoms with van der Waals surface area (Å²) in [5, 5.41) is 28.5. The number of hydrogen-bond donors (Lipinski definition) is 0. The molecule has 2 aliphatic carbocycles. The van der Waals surface area contributed by atoms with Gasteiger partial charge in [-0.05, 0) is 223 Å². The van der Waals surface area contributed by atoms with Gasteiger partial charge in [0.15, 0.2) is 0 Å². The molecule has 0 saturated heterocycles. The summed E-state index contributed by atoms with van der Waals surface area (Å²) >= 11 is 13.7. The second-order valence-corrected chi connectivity index (χ2v) is 30.2. The highest BCUT2D eigenvalue weighted by molar-refractivity contribution is 7.10. The fraction of sp³-hybridized carbons (Fsp3) is 0.0980. The van der Waals surface area contributed by atoms with Gasteiger partial charge >= 0.3 is 0 Å². The highest BCUT2D eigenvalue weighted by Gasteiger charge is 2.31. The normalized spacial score (nSPS) is 12.4. The topological polar surface area (TPSA) is 232 Å². The van der Waals surface area contributed by atoms with Crippen LogP contribution in [0.1, 0.15) is 163 Å². The van der Waals surface area contributed by atoms with Crippen molar-refractivity contribution in [3.8, 4) is 5.75 Å². The zero-order valence-electron chi connectivity index (χ0n) is 68.1. The number of furan rings is 1. The lowest BCUT2D eigenvalue weighted by Gasteiger charge is -2.06. The molecule has 0 spiro atoms. The molecule has 2 aliphatic rings. The van der Waals surface area contributed by atoms with Gasteiger partial charge in [0.1, 0.15) is 11.5 Å². The summed E-state index contributed by atoms with van der Waals surface area (Å²) in [5.41, 5.74) is 11.0. The molecule has 0 bridgehead atoms. The van der Waals surface area contributed by atoms with E-state index in [0.717, 1.165) is 74.2 Å². The van der Waals surface area contributed by atoms with Crippen molar-refractivity contribution in [1.29, 1.82) is 0 Å². The average Bonchev–Trinajstić information content (AvgIpc) is 1.75. The van der Waals surface area contributed by atoms with Crippen molar-refractivity contribution in [2.24, 2.45) is 11.8 Å². The third-order valence-corrected chi connectivity index (χ3v) is 20.8. The van der Waals surface area contributed by atoms with Crippen molar-refractivity contribution >= 4 is 143 Å². The molecule has 18 rings (SSSR count). The van der Waals surface area contributed by atoms with Crippen LogP contribution in [0.3, 0.4) is 0 Å². The van der Waals surface area contributed by atoms with E-state index in [2.05, 4.69) is 30.6 Å². The van der Waals surface area contributed by atoms with Crippen LogP contribution in [-0.2, 0) is 0 Å². The van der Waals surface area contributed by atoms with Crippen molar-refractivity contribution in [1.82, 2.24) is 58.7 Å². The van der Waals surface area contributed by atoms with Gasteiger partial charge in [-0.1, -0.05) is 230 Å². The lowest BCUT2D eigenvalue weighted by molar-refractivity contribution is 0.0858. The predicted molar refractivity (Wildman–Crippen MR) is 498 cm³/mol. The van der Waals surface area contributed by atoms with Crippen LogP contribution in [0.2, 0.25) is 10.0 Å². The van der Waals surface area contributed by atoms with Crippen molar-refractivity contribution in [3.63, 3.8) is 0 Å². The number of nitrogens with zero attached hydrogens (tertiary/aromatic N) is 12. The average molecular weight is 1710 g/mol. The second kappa shape index (κ2) is 45.5. The molecule has 622 valence electrons. The van der Waals surface area contributed by atoms with Gasteiger partial charge in [-0.25, -0.2) is 28.1 Å². The van der Waals surface area contributed by atoms with Gasteiger partial charge in [0.25, 0.3) is 23.6 Å². The Hall–Kier alpha value is -15.2. The monoisotopic (exact) mass is 1710 g/mol. The first-order valence-corrected chi connectivity index (χ1v) is 42.0. The number of benzene rings is 8. The summed E-state index contributed by atoms with van der Waals surface area (Å²) in [6.07, 6.45) is 42.2. The molecule has 0 N–H and O–H groups in total. The Bertz CT molecular complexity index is 6350. The SMILES string of the molecule is COc1ccc(C(=O)n2ccc(/C=C/c3ccccc3)n2)cc1.O=C(C1CC1)n1ccc(/C=C/c2ccccc2)n1.O=C(CC1CCCC1)n1ccc(/C=C/c2ccco2)n1.O=C(c1ccccc1)n1ccc(/C=C/c2ccccc2)n1.O=C(c1ccccc1Cl)n1ccc(/C=C/c2ccccc2)n1.O=C(c1ccccc1Cl)n1ccc(/C=C/c2cccs2)n1. The molecule has 0 unspecified atom stereocenters. The molecule has 125 heavy (non-hydrogen) atoms. The van der Waals surface area contributed by atoms with Crippen LogP contribution in [0.15, 0.2) is 338 Å². The number of thiophene rings is 1. The van der Waals surface area contributed by atoms with Crippen LogP contribution in [-0.4, -0.2) is 101 Å². The minimum atomic E-state index is -0.245. The Kier molecular flexibility index (Phi) is 31.9. The van der Waals surface area contributed by atoms with Crippen LogP contribution in [0.25, 0.3) is 72.9 Å². The van der Waals surface area contributed by atoms with E-state index in [0.29, 0.717) is 56.1 Å². The van der Waals surface area contributed by atoms with E-state index in [-0.39, 0.29) is 41.4 Å². The number of hydrogen-bond acceptors (Lipinski definition) is 15. The second-order valence-electron chi connectivity index (χ2n) is 28.4. The fourth-order valence-corrected chi connectivity index (χ4v) is 13.6. The lowest BCUT2D eigenvalue weighted by atomic mass is 10.0. The Morgan fingerprint density at radius 2 is 0.720 bits per heavy atom. The van der Waals surface area contributed by atoms with Gasteiger partial charge in [0, 0.05) is 65.5 Å². The standard InChI is InChI=1S/C19H16N2O2.C18H13ClN2O.C18H14N2O.C16H11ClN2OS.C16H18N2O2.C15H14N2O/c1-23-18-11-8-16(9-12-18)19(22)21-14-13-17(20-21)10-7-15-5-3-2-4-6-15;19-17-9-5-4-8-16(17)18(22)21-13-12-15(20-21)11-10-14-6-2-1-3-7-14;21-18(16-9-5-2-6-10-16)20-14-13-17(19-20)12-11-15-7-3-1-4-8-15;17-15-6-2-1-5-14(15)16(20)19-10-9-12(18-19)7-8-13-4-3-11-21-13;19-16(12-13-4-1-2-5-13)18-10-9-14(17-18)7-8-15-6-3-11-20-15;18-15(13-7-8-13)17-11-10-14(16-17)9-6-12-4-2-1-3-5-12/h2-14H,1H3;1-13H;1-14H;1-11H;3,6-11,13H,1-2,4-5,12H2;1-6,9-11,13H,7-8H2/b10-7+;11-10+;12-11+;2*8-7+;9-6+. The van der Waals surface area contributed by atoms with E-state index in [9.17, 15) is 28.8 Å². The molecule has 23 heteroatoms. The number of halogens is 2. The maximum atomic E-state index is 12.4. The molecule has 0 aliphatic heterocycles. The first kappa shape index (κ1) is 87.7. The Morgan fingerprint density at radius 3 is 1.11 bits per heavy atom. The minimum Gasteiger partial charge on any atom is -0.497 e. The summed E-state index contributed by atoms with van der Waals surface area (Å²) in [5.74, 6) is 1.67. The zero-order valence-corrected chi connectivity index (χ0v) is 70.4. The van der Waals surface area contributed by atoms with Crippen molar-refractivity contribution in [2.75, 3.05) is 7.11 Å². The smallest absolute Gasteiger partial charge is 0.279 e. The summed E-state index contributed by atoms with van der Waals surface area (Å²) < 4.78 is 18.5. The highest BCUT2D eigenvalue weighted by atomic mass is 35.5. The Labute approximate surface area is 737 Å². The number of carbonyl (C=O) groups excluding carboxylic acids is 6. The molecule has 8 heterocycles. The van der Waals surface area contributed by atoms with E-state index < -0.39 is 0 Å². The molecule has 2 saturated carbocycles. The van der Waals surface area contributed by atoms with Gasteiger partial charge < -0.3 is 9.15 Å². The highest BCUT2D eigenvalue weighted by Crippen LogP contribution is 2.31. The largest absolute Gasteiger partial charge is 0.497 e. The molecular formula is C102H86Cl2N12O8S. The van der Waals surface area contributed by atoms with Gasteiger partial charge in [0.2, 0.25) is 11.8 Å². The van der Waals surface area contributed by atoms with Crippen LogP contribution in [0.4, 0.5) is 0 Å². The molecule has 0 radical (unpaired) electrons. The molecule has 16 aromatic rings. The van der Waals surface area contributed by atoms with Gasteiger partial charge in [0.05, 0.1) is 68.7 Å². The summed E-state index contributed by atoms with van der Waals surface area (Å²) in [6.45, 7) is 0. The third kappa shape index (κ3) is 26.9. The quantitative estimate of drug-likeness (QED) is 0.0691. The van der Waals surface area contributed by atoms with Crippen molar-refractivity contribution in [2.45, 2.75) is 44.9 Å². The van der Waals surface area contributed by atoms with E-state index >= 15 is 0 Å². The van der Waals surface area contributed by atoms with Gasteiger partial charge in [-0.2, -0.15) is 30.6 Å². The summed E-state index contributed by atoms with van der Waals surface area (Å²) in [6, 6.07) is 88.5. The summed E-state index contributed by atoms with van der Waals surface area (Å²) in [7, 11) is 1.59. The number of rotatable bonds is 20. The van der Waals surface area contributed by atoms with E-state index in [1.807, 2.05) is 260 Å². The van der Waals surface area contributed by atoms with Crippen LogP contribution in [0.5, 0.6) is 5.75 Å². The van der Waals surface area contributed by atoms with Gasteiger partial charge in [-0.15, -0.1) is 11.3 Å². The van der Waals surface area contributed by atoms with E-state index in [1.165, 1.54) is 53.8 Å². The van der Waals surface area contributed by atoms with E-state index in [1.54, 1.807) is 165 Å². The first-order chi connectivity index (χ1) is 61.2. The van der Waals surface area contributed by atoms with Crippen molar-refractivity contribution in [3.05, 3.63) is 433 Å². The number of aromatic nitrogens is 12. The molecule has 8 aromatic carbocycles. The maximum absolute atomic E-state index is 12.4. The molecule has 0 atom stereocenters.